The summed E-state index contributed by atoms with van der Waals surface area (Å²) in [7, 11) is 1.62. The van der Waals surface area contributed by atoms with E-state index in [2.05, 4.69) is 17.4 Å². The van der Waals surface area contributed by atoms with Crippen molar-refractivity contribution in [1.82, 2.24) is 15.1 Å². The van der Waals surface area contributed by atoms with Crippen molar-refractivity contribution in [2.24, 2.45) is 5.92 Å². The van der Waals surface area contributed by atoms with E-state index in [4.69, 9.17) is 4.74 Å². The standard InChI is InChI=1S/C31H41N3O4/c1-3-7-29(35)33-20-18-24(19-21-33)30(36)32-26-12-14-27(15-13-26)34(22-23-8-5-4-6-9-23)31(37)25-10-16-28(38-2)17-11-25/h4-6,8-11,16-17,24,26-27H,3,7,12-15,18-22H2,1-2H3,(H,32,36). The average molecular weight is 520 g/mol. The highest BCUT2D eigenvalue weighted by molar-refractivity contribution is 5.94. The molecule has 1 saturated heterocycles. The van der Waals surface area contributed by atoms with E-state index >= 15 is 0 Å². The zero-order chi connectivity index (χ0) is 26.9. The molecule has 38 heavy (non-hydrogen) atoms. The quantitative estimate of drug-likeness (QED) is 0.516. The van der Waals surface area contributed by atoms with Crippen LogP contribution in [0.2, 0.25) is 0 Å². The Morgan fingerprint density at radius 2 is 1.58 bits per heavy atom. The summed E-state index contributed by atoms with van der Waals surface area (Å²) in [6.45, 7) is 3.92. The molecule has 0 radical (unpaired) electrons. The number of likely N-dealkylation sites (tertiary alicyclic amines) is 1. The van der Waals surface area contributed by atoms with Crippen LogP contribution in [0.25, 0.3) is 0 Å². The van der Waals surface area contributed by atoms with E-state index in [-0.39, 0.29) is 35.7 Å². The van der Waals surface area contributed by atoms with Crippen LogP contribution in [-0.2, 0) is 16.1 Å². The number of nitrogens with one attached hydrogen (secondary N) is 1. The third kappa shape index (κ3) is 7.15. The first kappa shape index (κ1) is 27.7. The lowest BCUT2D eigenvalue weighted by Crippen LogP contribution is -2.48. The molecule has 1 N–H and O–H groups in total. The van der Waals surface area contributed by atoms with Crippen molar-refractivity contribution in [2.45, 2.75) is 76.9 Å². The fourth-order valence-corrected chi connectivity index (χ4v) is 5.66. The van der Waals surface area contributed by atoms with E-state index < -0.39 is 0 Å². The van der Waals surface area contributed by atoms with Gasteiger partial charge in [0.25, 0.3) is 5.91 Å². The van der Waals surface area contributed by atoms with Crippen LogP contribution in [-0.4, -0.2) is 59.8 Å². The number of ether oxygens (including phenoxy) is 1. The van der Waals surface area contributed by atoms with E-state index in [0.29, 0.717) is 31.6 Å². The van der Waals surface area contributed by atoms with Gasteiger partial charge in [-0.1, -0.05) is 37.3 Å². The Morgan fingerprint density at radius 1 is 0.921 bits per heavy atom. The summed E-state index contributed by atoms with van der Waals surface area (Å²) in [6, 6.07) is 17.7. The van der Waals surface area contributed by atoms with Gasteiger partial charge >= 0.3 is 0 Å². The number of benzene rings is 2. The van der Waals surface area contributed by atoms with E-state index in [9.17, 15) is 14.4 Å². The summed E-state index contributed by atoms with van der Waals surface area (Å²) < 4.78 is 5.26. The molecule has 0 atom stereocenters. The minimum atomic E-state index is -0.0235. The normalized spacial score (nSPS) is 20.0. The fourth-order valence-electron chi connectivity index (χ4n) is 5.66. The van der Waals surface area contributed by atoms with Crippen LogP contribution in [0.4, 0.5) is 0 Å². The van der Waals surface area contributed by atoms with E-state index in [1.165, 1.54) is 0 Å². The number of amides is 3. The molecule has 0 unspecified atom stereocenters. The number of hydrogen-bond donors (Lipinski definition) is 1. The fraction of sp³-hybridized carbons (Fsp3) is 0.516. The monoisotopic (exact) mass is 519 g/mol. The van der Waals surface area contributed by atoms with Crippen molar-refractivity contribution in [3.8, 4) is 5.75 Å². The molecule has 1 aliphatic heterocycles. The van der Waals surface area contributed by atoms with Crippen molar-refractivity contribution >= 4 is 17.7 Å². The molecule has 0 aromatic heterocycles. The van der Waals surface area contributed by atoms with Gasteiger partial charge in [-0.15, -0.1) is 0 Å². The Morgan fingerprint density at radius 3 is 2.18 bits per heavy atom. The minimum Gasteiger partial charge on any atom is -0.497 e. The van der Waals surface area contributed by atoms with Crippen LogP contribution in [0.15, 0.2) is 54.6 Å². The van der Waals surface area contributed by atoms with Gasteiger partial charge in [0.1, 0.15) is 5.75 Å². The molecule has 0 bridgehead atoms. The predicted octanol–water partition coefficient (Wildman–Crippen LogP) is 4.80. The zero-order valence-corrected chi connectivity index (χ0v) is 22.7. The molecule has 7 nitrogen and oxygen atoms in total. The summed E-state index contributed by atoms with van der Waals surface area (Å²) in [6.07, 6.45) is 6.32. The van der Waals surface area contributed by atoms with Gasteiger partial charge in [0, 0.05) is 49.6 Å². The molecule has 3 amide bonds. The van der Waals surface area contributed by atoms with Gasteiger partial charge in [0.15, 0.2) is 0 Å². The lowest BCUT2D eigenvalue weighted by molar-refractivity contribution is -0.136. The average Bonchev–Trinajstić information content (AvgIpc) is 2.97. The van der Waals surface area contributed by atoms with Crippen molar-refractivity contribution in [1.29, 1.82) is 0 Å². The maximum absolute atomic E-state index is 13.6. The van der Waals surface area contributed by atoms with Gasteiger partial charge in [-0.05, 0) is 74.8 Å². The number of piperidine rings is 1. The third-order valence-corrected chi connectivity index (χ3v) is 7.96. The predicted molar refractivity (Wildman–Crippen MR) is 148 cm³/mol. The van der Waals surface area contributed by atoms with E-state index in [0.717, 1.165) is 56.3 Å². The molecule has 1 aliphatic carbocycles. The van der Waals surface area contributed by atoms with Crippen LogP contribution in [0.1, 0.15) is 74.2 Å². The third-order valence-electron chi connectivity index (χ3n) is 7.96. The summed E-state index contributed by atoms with van der Waals surface area (Å²) in [5, 5.41) is 3.28. The molecular formula is C31H41N3O4. The van der Waals surface area contributed by atoms with Crippen molar-refractivity contribution in [3.63, 3.8) is 0 Å². The first-order valence-electron chi connectivity index (χ1n) is 14.1. The Bertz CT molecular complexity index is 1060. The molecule has 204 valence electrons. The topological polar surface area (TPSA) is 79.0 Å². The maximum atomic E-state index is 13.6. The van der Waals surface area contributed by atoms with Crippen LogP contribution in [0.3, 0.4) is 0 Å². The van der Waals surface area contributed by atoms with Crippen LogP contribution < -0.4 is 10.1 Å². The van der Waals surface area contributed by atoms with Crippen molar-refractivity contribution in [2.75, 3.05) is 20.2 Å². The van der Waals surface area contributed by atoms with Gasteiger partial charge in [0.2, 0.25) is 11.8 Å². The number of hydrogen-bond acceptors (Lipinski definition) is 4. The van der Waals surface area contributed by atoms with Gasteiger partial charge < -0.3 is 19.9 Å². The summed E-state index contributed by atoms with van der Waals surface area (Å²) in [5.74, 6) is 1.05. The Balaban J connectivity index is 1.33. The van der Waals surface area contributed by atoms with Crippen molar-refractivity contribution in [3.05, 3.63) is 65.7 Å². The summed E-state index contributed by atoms with van der Waals surface area (Å²) in [5.41, 5.74) is 1.76. The highest BCUT2D eigenvalue weighted by Crippen LogP contribution is 2.28. The Labute approximate surface area is 226 Å². The van der Waals surface area contributed by atoms with Crippen molar-refractivity contribution < 1.29 is 19.1 Å². The molecule has 2 aliphatic rings. The number of carbonyl (C=O) groups excluding carboxylic acids is 3. The minimum absolute atomic E-state index is 0.0216. The van der Waals surface area contributed by atoms with Gasteiger partial charge in [-0.2, -0.15) is 0 Å². The second-order valence-corrected chi connectivity index (χ2v) is 10.6. The first-order chi connectivity index (χ1) is 18.5. The lowest BCUT2D eigenvalue weighted by atomic mass is 9.88. The second kappa shape index (κ2) is 13.4. The largest absolute Gasteiger partial charge is 0.497 e. The highest BCUT2D eigenvalue weighted by atomic mass is 16.5. The molecule has 0 spiro atoms. The number of carbonyl (C=O) groups is 3. The number of methoxy groups -OCH3 is 1. The number of nitrogens with zero attached hydrogens (tertiary/aromatic N) is 2. The molecule has 1 saturated carbocycles. The Kier molecular flexibility index (Phi) is 9.79. The number of rotatable bonds is 9. The SMILES string of the molecule is CCCC(=O)N1CCC(C(=O)NC2CCC(N(Cc3ccccc3)C(=O)c3ccc(OC)cc3)CC2)CC1. The zero-order valence-electron chi connectivity index (χ0n) is 22.7. The first-order valence-corrected chi connectivity index (χ1v) is 14.1. The maximum Gasteiger partial charge on any atom is 0.254 e. The van der Waals surface area contributed by atoms with Crippen LogP contribution in [0, 0.1) is 5.92 Å². The summed E-state index contributed by atoms with van der Waals surface area (Å²) >= 11 is 0. The van der Waals surface area contributed by atoms with Crippen LogP contribution in [0.5, 0.6) is 5.75 Å². The smallest absolute Gasteiger partial charge is 0.254 e. The highest BCUT2D eigenvalue weighted by Gasteiger charge is 2.32. The second-order valence-electron chi connectivity index (χ2n) is 10.6. The Hall–Kier alpha value is -3.35. The molecule has 2 fully saturated rings. The van der Waals surface area contributed by atoms with E-state index in [1.54, 1.807) is 7.11 Å². The lowest BCUT2D eigenvalue weighted by Gasteiger charge is -2.38. The van der Waals surface area contributed by atoms with Crippen LogP contribution >= 0.6 is 0 Å². The van der Waals surface area contributed by atoms with E-state index in [1.807, 2.05) is 59.2 Å². The molecule has 4 rings (SSSR count). The molecule has 1 heterocycles. The van der Waals surface area contributed by atoms with Gasteiger partial charge in [0.05, 0.1) is 7.11 Å². The summed E-state index contributed by atoms with van der Waals surface area (Å²) in [4.78, 5) is 42.7. The molecule has 2 aromatic carbocycles. The van der Waals surface area contributed by atoms with Gasteiger partial charge in [-0.25, -0.2) is 0 Å². The molecule has 2 aromatic rings. The molecular weight excluding hydrogens is 478 g/mol. The molecule has 7 heteroatoms. The van der Waals surface area contributed by atoms with Gasteiger partial charge in [-0.3, -0.25) is 14.4 Å².